The van der Waals surface area contributed by atoms with Crippen molar-refractivity contribution in [3.8, 4) is 0 Å². The number of rotatable bonds is 12. The molecule has 0 bridgehead atoms. The van der Waals surface area contributed by atoms with Gasteiger partial charge < -0.3 is 80.0 Å². The Morgan fingerprint density at radius 2 is 1.52 bits per heavy atom. The topological polar surface area (TPSA) is 438 Å². The summed E-state index contributed by atoms with van der Waals surface area (Å²) in [6.07, 6.45) is -0.696. The number of amides is 9. The average molecular weight is 948 g/mol. The van der Waals surface area contributed by atoms with E-state index >= 15 is 0 Å². The Labute approximate surface area is 374 Å². The van der Waals surface area contributed by atoms with Gasteiger partial charge in [-0.25, -0.2) is 0 Å². The molecule has 2 heterocycles. The fraction of sp³-hybridized carbons (Fsp3) is 0.657. The van der Waals surface area contributed by atoms with Crippen molar-refractivity contribution in [3.63, 3.8) is 0 Å². The van der Waals surface area contributed by atoms with Crippen molar-refractivity contribution in [1.29, 1.82) is 0 Å². The van der Waals surface area contributed by atoms with Crippen molar-refractivity contribution in [2.75, 3.05) is 45.1 Å². The Morgan fingerprint density at radius 3 is 2.09 bits per heavy atom. The first-order valence-electron chi connectivity index (χ1n) is 19.8. The molecule has 27 nitrogen and oxygen atoms in total. The van der Waals surface area contributed by atoms with E-state index in [9.17, 15) is 68.1 Å². The van der Waals surface area contributed by atoms with Crippen molar-refractivity contribution in [2.24, 2.45) is 22.2 Å². The molecule has 0 aromatic carbocycles. The van der Waals surface area contributed by atoms with Crippen molar-refractivity contribution < 1.29 is 68.1 Å². The maximum absolute atomic E-state index is 13.8. The molecule has 64 heavy (non-hydrogen) atoms. The molecule has 2 aliphatic rings. The van der Waals surface area contributed by atoms with Gasteiger partial charge in [0.25, 0.3) is 0 Å². The minimum absolute atomic E-state index is 0.0213. The fourth-order valence-electron chi connectivity index (χ4n) is 6.07. The molecular formula is C35H57N13O14S2. The SMILES string of the molecule is C[C@H](NC(=O)[C@@H]1CSSC(C)(C)[C@H](NC(=O)CN)C(=O)NCC(=O)N[C@@H](CCCN=C(N)N)C(=O)NCC(=O)N[C@@H](CC(=O)O)C(=O)N[C@@H](CO)C(=O)N2CCC[C@H]2C(=O)N1)C(=O)O. The number of fused-ring (bicyclic) bond motifs is 1. The van der Waals surface area contributed by atoms with Crippen LogP contribution in [0.4, 0.5) is 0 Å². The number of nitrogens with two attached hydrogens (primary N) is 3. The van der Waals surface area contributed by atoms with E-state index in [2.05, 4.69) is 47.5 Å². The van der Waals surface area contributed by atoms with Gasteiger partial charge in [0, 0.05) is 23.6 Å². The first-order valence-corrected chi connectivity index (χ1v) is 22.1. The number of aliphatic imine (C=N–C) groups is 1. The Kier molecular flexibility index (Phi) is 22.0. The molecule has 0 aliphatic carbocycles. The fourth-order valence-corrected chi connectivity index (χ4v) is 8.89. The van der Waals surface area contributed by atoms with Crippen LogP contribution in [-0.4, -0.2) is 183 Å². The summed E-state index contributed by atoms with van der Waals surface area (Å²) in [4.78, 5) is 148. The molecule has 2 fully saturated rings. The largest absolute Gasteiger partial charge is 0.481 e. The molecule has 0 aromatic heterocycles. The highest BCUT2D eigenvalue weighted by Gasteiger charge is 2.41. The molecular weight excluding hydrogens is 891 g/mol. The second-order valence-electron chi connectivity index (χ2n) is 15.0. The van der Waals surface area contributed by atoms with E-state index in [1.54, 1.807) is 0 Å². The zero-order valence-corrected chi connectivity index (χ0v) is 36.9. The molecule has 7 atom stereocenters. The van der Waals surface area contributed by atoms with Gasteiger partial charge in [-0.05, 0) is 46.5 Å². The molecule has 17 N–H and O–H groups in total. The van der Waals surface area contributed by atoms with E-state index in [1.165, 1.54) is 20.8 Å². The standard InChI is InChI=1S/C35H57N13O14S2/c1-16(33(61)62)42-29(57)20-15-63-64-35(2,3)26(47-22(50)11-36)31(59)41-13-23(51)43-17(6-4-8-39-34(37)38)27(55)40-12-24(52)44-18(10-25(53)54)28(56)45-19(14-49)32(60)48-9-5-7-21(48)30(58)46-20/h16-21,26,49H,4-15,36H2,1-3H3,(H,40,55)(H,41,59)(H,42,57)(H,43,51)(H,44,52)(H,45,56)(H,46,58)(H,47,50)(H,53,54)(H,61,62)(H4,37,38,39)/t16-,17-,18-,19-,20-,21-,26+/m0/s1. The predicted molar refractivity (Wildman–Crippen MR) is 228 cm³/mol. The van der Waals surface area contributed by atoms with Crippen LogP contribution < -0.4 is 59.7 Å². The summed E-state index contributed by atoms with van der Waals surface area (Å²) in [6, 6.07) is -10.5. The Balaban J connectivity index is 2.58. The second-order valence-corrected chi connectivity index (χ2v) is 18.0. The third-order valence-corrected chi connectivity index (χ3v) is 12.7. The van der Waals surface area contributed by atoms with Crippen molar-refractivity contribution in [3.05, 3.63) is 0 Å². The van der Waals surface area contributed by atoms with Crippen molar-refractivity contribution in [2.45, 2.75) is 99.9 Å². The molecule has 29 heteroatoms. The van der Waals surface area contributed by atoms with Crippen LogP contribution >= 0.6 is 21.6 Å². The summed E-state index contributed by atoms with van der Waals surface area (Å²) in [7, 11) is 1.90. The number of guanidine groups is 1. The second kappa shape index (κ2) is 26.0. The van der Waals surface area contributed by atoms with Gasteiger partial charge in [0.1, 0.15) is 42.3 Å². The van der Waals surface area contributed by atoms with Crippen molar-refractivity contribution >= 4 is 92.7 Å². The lowest BCUT2D eigenvalue weighted by molar-refractivity contribution is -0.144. The molecule has 2 rings (SSSR count). The van der Waals surface area contributed by atoms with E-state index in [1.807, 2.05) is 0 Å². The van der Waals surface area contributed by atoms with Crippen molar-refractivity contribution in [1.82, 2.24) is 47.4 Å². The summed E-state index contributed by atoms with van der Waals surface area (Å²) in [6.45, 7) is 1.05. The molecule has 9 amide bonds. The number of carboxylic acids is 2. The summed E-state index contributed by atoms with van der Waals surface area (Å²) in [5, 5.41) is 47.7. The normalized spacial score (nSPS) is 25.1. The van der Waals surface area contributed by atoms with Gasteiger partial charge in [0.15, 0.2) is 5.96 Å². The van der Waals surface area contributed by atoms with E-state index in [0.29, 0.717) is 0 Å². The number of hydrogen-bond acceptors (Lipinski definition) is 16. The molecule has 0 unspecified atom stereocenters. The van der Waals surface area contributed by atoms with E-state index in [-0.39, 0.29) is 50.5 Å². The molecule has 0 radical (unpaired) electrons. The quantitative estimate of drug-likeness (QED) is 0.0374. The lowest BCUT2D eigenvalue weighted by atomic mass is 10.0. The Hall–Kier alpha value is -5.94. The summed E-state index contributed by atoms with van der Waals surface area (Å²) < 4.78 is -1.27. The smallest absolute Gasteiger partial charge is 0.325 e. The zero-order valence-electron chi connectivity index (χ0n) is 35.3. The van der Waals surface area contributed by atoms with Crippen LogP contribution in [0, 0.1) is 0 Å². The third kappa shape index (κ3) is 17.7. The zero-order chi connectivity index (χ0) is 48.3. The number of aliphatic hydroxyl groups is 1. The van der Waals surface area contributed by atoms with Gasteiger partial charge in [-0.2, -0.15) is 0 Å². The van der Waals surface area contributed by atoms with Crippen LogP contribution in [0.1, 0.15) is 52.9 Å². The number of aliphatic carboxylic acids is 2. The van der Waals surface area contributed by atoms with Crippen LogP contribution in [0.5, 0.6) is 0 Å². The van der Waals surface area contributed by atoms with Crippen LogP contribution in [0.2, 0.25) is 0 Å². The summed E-state index contributed by atoms with van der Waals surface area (Å²) in [5.74, 6) is -12.1. The van der Waals surface area contributed by atoms with Gasteiger partial charge in [0.05, 0.1) is 32.7 Å². The predicted octanol–water partition coefficient (Wildman–Crippen LogP) is -7.12. The highest BCUT2D eigenvalue weighted by Crippen LogP contribution is 2.38. The van der Waals surface area contributed by atoms with Crippen LogP contribution in [0.3, 0.4) is 0 Å². The lowest BCUT2D eigenvalue weighted by Gasteiger charge is -2.33. The van der Waals surface area contributed by atoms with Crippen LogP contribution in [0.25, 0.3) is 0 Å². The van der Waals surface area contributed by atoms with E-state index in [4.69, 9.17) is 17.2 Å². The lowest BCUT2D eigenvalue weighted by Crippen LogP contribution is -2.60. The number of hydrogen-bond donors (Lipinski definition) is 14. The van der Waals surface area contributed by atoms with E-state index < -0.39 is 145 Å². The highest BCUT2D eigenvalue weighted by molar-refractivity contribution is 8.77. The molecule has 2 saturated heterocycles. The van der Waals surface area contributed by atoms with Crippen LogP contribution in [0.15, 0.2) is 4.99 Å². The number of nitrogens with one attached hydrogen (secondary N) is 8. The third-order valence-electron chi connectivity index (χ3n) is 9.43. The van der Waals surface area contributed by atoms with Gasteiger partial charge in [-0.3, -0.25) is 57.7 Å². The van der Waals surface area contributed by atoms with Gasteiger partial charge in [-0.15, -0.1) is 0 Å². The highest BCUT2D eigenvalue weighted by atomic mass is 33.1. The maximum Gasteiger partial charge on any atom is 0.325 e. The van der Waals surface area contributed by atoms with Gasteiger partial charge in [-0.1, -0.05) is 21.6 Å². The molecule has 0 aromatic rings. The number of carbonyl (C=O) groups excluding carboxylic acids is 9. The first kappa shape index (κ1) is 54.2. The summed E-state index contributed by atoms with van der Waals surface area (Å²) >= 11 is 0. The Morgan fingerprint density at radius 1 is 0.891 bits per heavy atom. The minimum atomic E-state index is -1.86. The summed E-state index contributed by atoms with van der Waals surface area (Å²) in [5.41, 5.74) is 16.2. The first-order chi connectivity index (χ1) is 30.0. The molecule has 2 aliphatic heterocycles. The average Bonchev–Trinajstić information content (AvgIpc) is 3.72. The number of aliphatic hydroxyl groups excluding tert-OH is 1. The van der Waals surface area contributed by atoms with Gasteiger partial charge >= 0.3 is 11.9 Å². The molecule has 0 saturated carbocycles. The Bertz CT molecular complexity index is 1800. The number of carbonyl (C=O) groups is 11. The van der Waals surface area contributed by atoms with Crippen LogP contribution in [-0.2, 0) is 52.7 Å². The minimum Gasteiger partial charge on any atom is -0.481 e. The van der Waals surface area contributed by atoms with E-state index in [0.717, 1.165) is 26.5 Å². The molecule has 0 spiro atoms. The van der Waals surface area contributed by atoms with Gasteiger partial charge in [0.2, 0.25) is 53.2 Å². The monoisotopic (exact) mass is 947 g/mol. The number of carboxylic acid groups (broad SMARTS) is 2. The maximum atomic E-state index is 13.8. The number of nitrogens with zero attached hydrogens (tertiary/aromatic N) is 2. The molecule has 358 valence electrons.